The first-order chi connectivity index (χ1) is 11.9. The number of ether oxygens (including phenoxy) is 1. The highest BCUT2D eigenvalue weighted by atomic mass is 35.5. The highest BCUT2D eigenvalue weighted by Crippen LogP contribution is 2.29. The Morgan fingerprint density at radius 1 is 1.42 bits per heavy atom. The summed E-state index contributed by atoms with van der Waals surface area (Å²) in [5.41, 5.74) is 0.841. The summed E-state index contributed by atoms with van der Waals surface area (Å²) >= 11 is 6.09. The van der Waals surface area contributed by atoms with E-state index in [1.54, 1.807) is 14.0 Å². The van der Waals surface area contributed by atoms with E-state index in [2.05, 4.69) is 20.1 Å². The quantitative estimate of drug-likeness (QED) is 0.728. The molecule has 0 bridgehead atoms. The second kappa shape index (κ2) is 8.37. The Kier molecular flexibility index (Phi) is 6.86. The zero-order chi connectivity index (χ0) is 18.1. The molecule has 0 aromatic carbocycles. The number of aryl methyl sites for hydroxylation is 1. The lowest BCUT2D eigenvalue weighted by Gasteiger charge is -2.37. The van der Waals surface area contributed by atoms with Crippen LogP contribution in [0.2, 0.25) is 5.02 Å². The maximum absolute atomic E-state index is 12.7. The van der Waals surface area contributed by atoms with Gasteiger partial charge in [0.1, 0.15) is 9.92 Å². The summed E-state index contributed by atoms with van der Waals surface area (Å²) < 4.78 is 34.8. The van der Waals surface area contributed by atoms with E-state index in [0.717, 1.165) is 25.9 Å². The second-order valence-corrected chi connectivity index (χ2v) is 8.61. The third kappa shape index (κ3) is 4.29. The zero-order valence-corrected chi connectivity index (χ0v) is 17.0. The zero-order valence-electron chi connectivity index (χ0n) is 14.7. The van der Waals surface area contributed by atoms with Gasteiger partial charge in [-0.3, -0.25) is 0 Å². The number of methoxy groups -OCH3 is 1. The van der Waals surface area contributed by atoms with Crippen molar-refractivity contribution in [1.29, 1.82) is 0 Å². The Labute approximate surface area is 164 Å². The summed E-state index contributed by atoms with van der Waals surface area (Å²) in [6.45, 7) is 4.28. The number of fused-ring (bicyclic) bond motifs is 1. The maximum Gasteiger partial charge on any atom is 0.243 e. The van der Waals surface area contributed by atoms with Crippen molar-refractivity contribution in [2.24, 2.45) is 5.41 Å². The van der Waals surface area contributed by atoms with E-state index in [1.807, 2.05) is 0 Å². The van der Waals surface area contributed by atoms with Crippen LogP contribution >= 0.6 is 24.0 Å². The van der Waals surface area contributed by atoms with Crippen molar-refractivity contribution in [2.45, 2.75) is 24.7 Å². The normalized spacial score (nSPS) is 17.2. The minimum atomic E-state index is -3.70. The monoisotopic (exact) mass is 423 g/mol. The molecule has 26 heavy (non-hydrogen) atoms. The van der Waals surface area contributed by atoms with Crippen LogP contribution in [0.4, 0.5) is 0 Å². The number of hydrogen-bond donors (Lipinski definition) is 2. The Bertz CT molecular complexity index is 860. The topological polar surface area (TPSA) is 97.6 Å². The highest BCUT2D eigenvalue weighted by Gasteiger charge is 2.33. The molecule has 0 saturated carbocycles. The van der Waals surface area contributed by atoms with Crippen LogP contribution in [-0.2, 0) is 14.8 Å². The summed E-state index contributed by atoms with van der Waals surface area (Å²) in [6, 6.07) is 0. The van der Waals surface area contributed by atoms with E-state index in [9.17, 15) is 8.42 Å². The van der Waals surface area contributed by atoms with Crippen molar-refractivity contribution in [1.82, 2.24) is 24.6 Å². The fraction of sp³-hybridized carbons (Fsp3) is 0.600. The average Bonchev–Trinajstić information content (AvgIpc) is 2.88. The molecule has 2 aromatic rings. The van der Waals surface area contributed by atoms with Gasteiger partial charge in [-0.1, -0.05) is 11.6 Å². The second-order valence-electron chi connectivity index (χ2n) is 6.46. The van der Waals surface area contributed by atoms with Gasteiger partial charge in [0.05, 0.1) is 24.7 Å². The van der Waals surface area contributed by atoms with Gasteiger partial charge in [-0.25, -0.2) is 22.6 Å². The molecule has 3 rings (SSSR count). The minimum Gasteiger partial charge on any atom is -0.384 e. The van der Waals surface area contributed by atoms with Crippen LogP contribution in [0.1, 0.15) is 18.5 Å². The van der Waals surface area contributed by atoms with E-state index < -0.39 is 10.0 Å². The molecule has 0 atom stereocenters. The highest BCUT2D eigenvalue weighted by molar-refractivity contribution is 7.89. The van der Waals surface area contributed by atoms with Crippen LogP contribution in [0.5, 0.6) is 0 Å². The number of sulfonamides is 1. The number of rotatable bonds is 6. The fourth-order valence-corrected chi connectivity index (χ4v) is 4.37. The average molecular weight is 424 g/mol. The summed E-state index contributed by atoms with van der Waals surface area (Å²) in [7, 11) is -2.06. The van der Waals surface area contributed by atoms with Gasteiger partial charge in [-0.05, 0) is 32.9 Å². The van der Waals surface area contributed by atoms with Gasteiger partial charge in [0.15, 0.2) is 5.65 Å². The molecule has 3 heterocycles. The smallest absolute Gasteiger partial charge is 0.243 e. The lowest BCUT2D eigenvalue weighted by molar-refractivity contribution is 0.0577. The molecule has 0 spiro atoms. The van der Waals surface area contributed by atoms with Crippen molar-refractivity contribution in [3.63, 3.8) is 0 Å². The molecule has 0 amide bonds. The van der Waals surface area contributed by atoms with E-state index in [0.29, 0.717) is 29.5 Å². The number of halogens is 2. The molecule has 1 saturated heterocycles. The third-order valence-corrected chi connectivity index (χ3v) is 6.41. The van der Waals surface area contributed by atoms with Gasteiger partial charge >= 0.3 is 0 Å². The number of nitrogens with zero attached hydrogens (tertiary/aromatic N) is 3. The van der Waals surface area contributed by atoms with Gasteiger partial charge in [0.2, 0.25) is 10.0 Å². The first kappa shape index (κ1) is 21.3. The van der Waals surface area contributed by atoms with Gasteiger partial charge < -0.3 is 10.1 Å². The predicted octanol–water partition coefficient (Wildman–Crippen LogP) is 1.41. The molecular formula is C15H23Cl2N5O3S. The van der Waals surface area contributed by atoms with Crippen LogP contribution in [0.3, 0.4) is 0 Å². The SMILES string of the molecule is COCC1(CNS(=O)(=O)c2cnc3c(Cl)c(C)nn3c2)CCNCC1.Cl. The molecule has 1 fully saturated rings. The molecular weight excluding hydrogens is 401 g/mol. The van der Waals surface area contributed by atoms with Crippen LogP contribution in [0.25, 0.3) is 5.65 Å². The Hall–Kier alpha value is -0.970. The summed E-state index contributed by atoms with van der Waals surface area (Å²) in [4.78, 5) is 4.19. The summed E-state index contributed by atoms with van der Waals surface area (Å²) in [5, 5.41) is 7.89. The predicted molar refractivity (Wildman–Crippen MR) is 102 cm³/mol. The molecule has 11 heteroatoms. The standard InChI is InChI=1S/C15H22ClN5O3S.ClH/c1-11-13(16)14-18-7-12(8-21(14)20-11)25(22,23)19-9-15(10-24-2)3-5-17-6-4-15;/h7-8,17,19H,3-6,9-10H2,1-2H3;1H. The Balaban J connectivity index is 0.00000243. The maximum atomic E-state index is 12.7. The lowest BCUT2D eigenvalue weighted by Crippen LogP contribution is -2.47. The van der Waals surface area contributed by atoms with Gasteiger partial charge in [-0.15, -0.1) is 12.4 Å². The van der Waals surface area contributed by atoms with Crippen LogP contribution < -0.4 is 10.0 Å². The Morgan fingerprint density at radius 2 is 2.12 bits per heavy atom. The third-order valence-electron chi connectivity index (χ3n) is 4.61. The van der Waals surface area contributed by atoms with Gasteiger partial charge in [0.25, 0.3) is 0 Å². The van der Waals surface area contributed by atoms with E-state index in [1.165, 1.54) is 16.9 Å². The van der Waals surface area contributed by atoms with Crippen LogP contribution in [0, 0.1) is 12.3 Å². The summed E-state index contributed by atoms with van der Waals surface area (Å²) in [5.74, 6) is 0. The molecule has 0 aliphatic carbocycles. The van der Waals surface area contributed by atoms with Crippen molar-refractivity contribution < 1.29 is 13.2 Å². The molecule has 2 N–H and O–H groups in total. The molecule has 2 aromatic heterocycles. The van der Waals surface area contributed by atoms with Crippen LogP contribution in [0.15, 0.2) is 17.3 Å². The fourth-order valence-electron chi connectivity index (χ4n) is 3.11. The van der Waals surface area contributed by atoms with E-state index in [-0.39, 0.29) is 22.7 Å². The lowest BCUT2D eigenvalue weighted by atomic mass is 9.80. The van der Waals surface area contributed by atoms with Crippen molar-refractivity contribution in [3.8, 4) is 0 Å². The largest absolute Gasteiger partial charge is 0.384 e. The van der Waals surface area contributed by atoms with E-state index in [4.69, 9.17) is 16.3 Å². The number of piperidine rings is 1. The Morgan fingerprint density at radius 3 is 2.77 bits per heavy atom. The van der Waals surface area contributed by atoms with Gasteiger partial charge in [0, 0.05) is 19.1 Å². The molecule has 1 aliphatic heterocycles. The number of hydrogen-bond acceptors (Lipinski definition) is 6. The van der Waals surface area contributed by atoms with Crippen molar-refractivity contribution >= 4 is 39.7 Å². The number of nitrogens with one attached hydrogen (secondary N) is 2. The first-order valence-electron chi connectivity index (χ1n) is 8.07. The number of aromatic nitrogens is 3. The first-order valence-corrected chi connectivity index (χ1v) is 9.93. The van der Waals surface area contributed by atoms with Gasteiger partial charge in [-0.2, -0.15) is 5.10 Å². The van der Waals surface area contributed by atoms with Crippen LogP contribution in [-0.4, -0.2) is 56.4 Å². The molecule has 0 radical (unpaired) electrons. The van der Waals surface area contributed by atoms with Crippen molar-refractivity contribution in [3.05, 3.63) is 23.1 Å². The summed E-state index contributed by atoms with van der Waals surface area (Å²) in [6.07, 6.45) is 4.44. The van der Waals surface area contributed by atoms with Crippen molar-refractivity contribution in [2.75, 3.05) is 33.4 Å². The minimum absolute atomic E-state index is 0. The molecule has 1 aliphatic rings. The molecule has 8 nitrogen and oxygen atoms in total. The van der Waals surface area contributed by atoms with E-state index >= 15 is 0 Å². The molecule has 146 valence electrons. The molecule has 0 unspecified atom stereocenters.